The number of rotatable bonds is 7. The molecule has 0 fully saturated rings. The summed E-state index contributed by atoms with van der Waals surface area (Å²) in [6, 6.07) is 0. The van der Waals surface area contributed by atoms with Gasteiger partial charge >= 0.3 is 5.97 Å². The zero-order chi connectivity index (χ0) is 10.1. The van der Waals surface area contributed by atoms with Gasteiger partial charge in [0.2, 0.25) is 0 Å². The van der Waals surface area contributed by atoms with Gasteiger partial charge in [-0.05, 0) is 6.92 Å². The fourth-order valence-corrected chi connectivity index (χ4v) is 0.958. The van der Waals surface area contributed by atoms with E-state index in [2.05, 4.69) is 13.2 Å². The maximum Gasteiger partial charge on any atom is 0.320 e. The SMILES string of the molecule is C=CCN(CC=C)CC(=O)OCC. The summed E-state index contributed by atoms with van der Waals surface area (Å²) in [6.45, 7) is 11.1. The average Bonchev–Trinajstić information content (AvgIpc) is 2.05. The highest BCUT2D eigenvalue weighted by Gasteiger charge is 2.07. The highest BCUT2D eigenvalue weighted by molar-refractivity contribution is 5.71. The zero-order valence-corrected chi connectivity index (χ0v) is 8.16. The topological polar surface area (TPSA) is 29.5 Å². The molecular weight excluding hydrogens is 166 g/mol. The smallest absolute Gasteiger partial charge is 0.320 e. The molecule has 0 radical (unpaired) electrons. The number of carbonyl (C=O) groups excluding carboxylic acids is 1. The van der Waals surface area contributed by atoms with Crippen LogP contribution in [0.2, 0.25) is 0 Å². The minimum absolute atomic E-state index is 0.203. The Morgan fingerprint density at radius 3 is 2.31 bits per heavy atom. The number of ether oxygens (including phenoxy) is 1. The summed E-state index contributed by atoms with van der Waals surface area (Å²) in [5.41, 5.74) is 0. The number of nitrogens with zero attached hydrogens (tertiary/aromatic N) is 1. The van der Waals surface area contributed by atoms with Crippen molar-refractivity contribution in [2.24, 2.45) is 0 Å². The molecule has 0 bridgehead atoms. The van der Waals surface area contributed by atoms with Gasteiger partial charge in [-0.15, -0.1) is 13.2 Å². The first-order valence-electron chi connectivity index (χ1n) is 4.34. The lowest BCUT2D eigenvalue weighted by Crippen LogP contribution is -2.31. The maximum absolute atomic E-state index is 11.1. The lowest BCUT2D eigenvalue weighted by Gasteiger charge is -2.16. The number of hydrogen-bond donors (Lipinski definition) is 0. The fourth-order valence-electron chi connectivity index (χ4n) is 0.958. The summed E-state index contributed by atoms with van der Waals surface area (Å²) in [6.07, 6.45) is 3.51. The molecule has 0 amide bonds. The van der Waals surface area contributed by atoms with Crippen LogP contribution in [-0.2, 0) is 9.53 Å². The first-order valence-corrected chi connectivity index (χ1v) is 4.34. The van der Waals surface area contributed by atoms with Crippen molar-refractivity contribution in [1.82, 2.24) is 4.90 Å². The Morgan fingerprint density at radius 1 is 1.38 bits per heavy atom. The van der Waals surface area contributed by atoms with Crippen molar-refractivity contribution in [3.63, 3.8) is 0 Å². The van der Waals surface area contributed by atoms with E-state index in [-0.39, 0.29) is 5.97 Å². The minimum Gasteiger partial charge on any atom is -0.465 e. The summed E-state index contributed by atoms with van der Waals surface area (Å²) < 4.78 is 4.82. The number of esters is 1. The lowest BCUT2D eigenvalue weighted by molar-refractivity contribution is -0.144. The van der Waals surface area contributed by atoms with E-state index in [4.69, 9.17) is 4.74 Å². The fraction of sp³-hybridized carbons (Fsp3) is 0.500. The Kier molecular flexibility index (Phi) is 6.92. The normalized spacial score (nSPS) is 9.69. The van der Waals surface area contributed by atoms with Crippen molar-refractivity contribution in [1.29, 1.82) is 0 Å². The van der Waals surface area contributed by atoms with Crippen molar-refractivity contribution in [2.75, 3.05) is 26.2 Å². The summed E-state index contributed by atoms with van der Waals surface area (Å²) in [5.74, 6) is -0.203. The van der Waals surface area contributed by atoms with Crippen LogP contribution in [0.1, 0.15) is 6.92 Å². The van der Waals surface area contributed by atoms with Crippen molar-refractivity contribution in [3.05, 3.63) is 25.3 Å². The second kappa shape index (κ2) is 7.55. The van der Waals surface area contributed by atoms with Gasteiger partial charge in [0.1, 0.15) is 0 Å². The van der Waals surface area contributed by atoms with Gasteiger partial charge < -0.3 is 4.74 Å². The molecule has 3 heteroatoms. The Bertz CT molecular complexity index is 168. The molecule has 0 aromatic rings. The van der Waals surface area contributed by atoms with Gasteiger partial charge in [-0.1, -0.05) is 12.2 Å². The molecule has 0 rings (SSSR count). The van der Waals surface area contributed by atoms with E-state index in [9.17, 15) is 4.79 Å². The van der Waals surface area contributed by atoms with E-state index in [0.717, 1.165) is 0 Å². The van der Waals surface area contributed by atoms with Gasteiger partial charge in [0.05, 0.1) is 13.2 Å². The molecule has 0 spiro atoms. The second-order valence-corrected chi connectivity index (χ2v) is 2.58. The highest BCUT2D eigenvalue weighted by atomic mass is 16.5. The van der Waals surface area contributed by atoms with Crippen LogP contribution in [0.15, 0.2) is 25.3 Å². The van der Waals surface area contributed by atoms with Gasteiger partial charge in [-0.25, -0.2) is 0 Å². The average molecular weight is 183 g/mol. The molecule has 0 aliphatic rings. The molecule has 0 aromatic carbocycles. The molecule has 0 N–H and O–H groups in total. The lowest BCUT2D eigenvalue weighted by atomic mass is 10.4. The van der Waals surface area contributed by atoms with Gasteiger partial charge in [-0.3, -0.25) is 9.69 Å². The van der Waals surface area contributed by atoms with Crippen LogP contribution in [0.5, 0.6) is 0 Å². The molecule has 0 atom stereocenters. The van der Waals surface area contributed by atoms with Crippen molar-refractivity contribution < 1.29 is 9.53 Å². The number of hydrogen-bond acceptors (Lipinski definition) is 3. The Balaban J connectivity index is 3.84. The molecule has 0 aliphatic carbocycles. The Morgan fingerprint density at radius 2 is 1.92 bits per heavy atom. The highest BCUT2D eigenvalue weighted by Crippen LogP contribution is 1.90. The van der Waals surface area contributed by atoms with Gasteiger partial charge in [-0.2, -0.15) is 0 Å². The quantitative estimate of drug-likeness (QED) is 0.439. The van der Waals surface area contributed by atoms with Crippen LogP contribution in [0, 0.1) is 0 Å². The van der Waals surface area contributed by atoms with E-state index < -0.39 is 0 Å². The van der Waals surface area contributed by atoms with Gasteiger partial charge in [0.25, 0.3) is 0 Å². The number of carbonyl (C=O) groups is 1. The Hall–Kier alpha value is -1.09. The molecule has 0 saturated carbocycles. The maximum atomic E-state index is 11.1. The first-order chi connectivity index (χ1) is 6.24. The molecule has 74 valence electrons. The third-order valence-corrected chi connectivity index (χ3v) is 1.43. The first kappa shape index (κ1) is 11.9. The zero-order valence-electron chi connectivity index (χ0n) is 8.16. The molecule has 3 nitrogen and oxygen atoms in total. The van der Waals surface area contributed by atoms with Crippen molar-refractivity contribution >= 4 is 5.97 Å². The van der Waals surface area contributed by atoms with E-state index in [1.807, 2.05) is 4.90 Å². The van der Waals surface area contributed by atoms with Crippen LogP contribution in [0.3, 0.4) is 0 Å². The van der Waals surface area contributed by atoms with Crippen molar-refractivity contribution in [2.45, 2.75) is 6.92 Å². The third kappa shape index (κ3) is 6.11. The van der Waals surface area contributed by atoms with Crippen LogP contribution in [0.25, 0.3) is 0 Å². The second-order valence-electron chi connectivity index (χ2n) is 2.58. The van der Waals surface area contributed by atoms with E-state index >= 15 is 0 Å². The van der Waals surface area contributed by atoms with Crippen LogP contribution in [-0.4, -0.2) is 37.1 Å². The van der Waals surface area contributed by atoms with Crippen molar-refractivity contribution in [3.8, 4) is 0 Å². The van der Waals surface area contributed by atoms with Crippen LogP contribution in [0.4, 0.5) is 0 Å². The van der Waals surface area contributed by atoms with Gasteiger partial charge in [0.15, 0.2) is 0 Å². The standard InChI is InChI=1S/C10H17NO2/c1-4-7-11(8-5-2)9-10(12)13-6-3/h4-5H,1-2,6-9H2,3H3. The van der Waals surface area contributed by atoms with E-state index in [1.54, 1.807) is 19.1 Å². The predicted octanol–water partition coefficient (Wildman–Crippen LogP) is 1.22. The Labute approximate surface area is 79.7 Å². The molecular formula is C10H17NO2. The van der Waals surface area contributed by atoms with E-state index in [0.29, 0.717) is 26.2 Å². The monoisotopic (exact) mass is 183 g/mol. The largest absolute Gasteiger partial charge is 0.465 e. The molecule has 0 heterocycles. The molecule has 0 unspecified atom stereocenters. The van der Waals surface area contributed by atoms with Crippen LogP contribution >= 0.6 is 0 Å². The van der Waals surface area contributed by atoms with Gasteiger partial charge in [0, 0.05) is 13.1 Å². The molecule has 13 heavy (non-hydrogen) atoms. The predicted molar refractivity (Wildman–Crippen MR) is 53.5 cm³/mol. The summed E-state index contributed by atoms with van der Waals surface area (Å²) >= 11 is 0. The summed E-state index contributed by atoms with van der Waals surface area (Å²) in [7, 11) is 0. The van der Waals surface area contributed by atoms with E-state index in [1.165, 1.54) is 0 Å². The molecule has 0 aliphatic heterocycles. The molecule has 0 saturated heterocycles. The van der Waals surface area contributed by atoms with Crippen LogP contribution < -0.4 is 0 Å². The summed E-state index contributed by atoms with van der Waals surface area (Å²) in [5, 5.41) is 0. The third-order valence-electron chi connectivity index (χ3n) is 1.43. The molecule has 0 aromatic heterocycles. The minimum atomic E-state index is -0.203. The summed E-state index contributed by atoms with van der Waals surface area (Å²) in [4.78, 5) is 13.0.